The van der Waals surface area contributed by atoms with Gasteiger partial charge in [0.1, 0.15) is 0 Å². The summed E-state index contributed by atoms with van der Waals surface area (Å²) >= 11 is 0. The highest BCUT2D eigenvalue weighted by molar-refractivity contribution is 5.23. The van der Waals surface area contributed by atoms with Gasteiger partial charge in [-0.25, -0.2) is 0 Å². The number of hydrogen-bond acceptors (Lipinski definition) is 2. The molecule has 2 heteroatoms. The molecule has 2 atom stereocenters. The Hall–Kier alpha value is -0.860. The van der Waals surface area contributed by atoms with Crippen molar-refractivity contribution in [3.63, 3.8) is 0 Å². The summed E-state index contributed by atoms with van der Waals surface area (Å²) in [4.78, 5) is 2.60. The van der Waals surface area contributed by atoms with Gasteiger partial charge in [-0.2, -0.15) is 0 Å². The third-order valence-corrected chi connectivity index (χ3v) is 4.20. The van der Waals surface area contributed by atoms with Gasteiger partial charge in [-0.1, -0.05) is 36.8 Å². The first-order chi connectivity index (χ1) is 8.70. The summed E-state index contributed by atoms with van der Waals surface area (Å²) in [6.45, 7) is 10.2. The Morgan fingerprint density at radius 3 is 2.67 bits per heavy atom. The fraction of sp³-hybridized carbons (Fsp3) is 0.625. The maximum Gasteiger partial charge on any atom is 0.0320 e. The van der Waals surface area contributed by atoms with Crippen molar-refractivity contribution in [2.75, 3.05) is 19.6 Å². The zero-order valence-corrected chi connectivity index (χ0v) is 11.9. The molecule has 2 rings (SSSR count). The fourth-order valence-electron chi connectivity index (χ4n) is 2.74. The Morgan fingerprint density at radius 2 is 2.00 bits per heavy atom. The molecule has 1 N–H and O–H groups in total. The van der Waals surface area contributed by atoms with Crippen molar-refractivity contribution in [2.45, 2.75) is 45.7 Å². The van der Waals surface area contributed by atoms with Gasteiger partial charge >= 0.3 is 0 Å². The first kappa shape index (κ1) is 13.6. The van der Waals surface area contributed by atoms with E-state index in [4.69, 9.17) is 0 Å². The van der Waals surface area contributed by atoms with Crippen LogP contribution in [0.3, 0.4) is 0 Å². The number of aryl methyl sites for hydroxylation is 1. The number of hydrogen-bond donors (Lipinski definition) is 1. The van der Waals surface area contributed by atoms with Crippen LogP contribution >= 0.6 is 0 Å². The van der Waals surface area contributed by atoms with Crippen molar-refractivity contribution in [1.29, 1.82) is 0 Å². The van der Waals surface area contributed by atoms with Crippen LogP contribution in [0, 0.1) is 6.92 Å². The summed E-state index contributed by atoms with van der Waals surface area (Å²) in [6, 6.07) is 10.2. The van der Waals surface area contributed by atoms with Crippen LogP contribution in [-0.4, -0.2) is 30.6 Å². The Labute approximate surface area is 111 Å². The second-order valence-electron chi connectivity index (χ2n) is 5.47. The average Bonchev–Trinajstić information content (AvgIpc) is 2.64. The molecule has 2 unspecified atom stereocenters. The Balaban J connectivity index is 2.00. The minimum Gasteiger partial charge on any atom is -0.313 e. The van der Waals surface area contributed by atoms with E-state index in [1.165, 1.54) is 30.5 Å². The van der Waals surface area contributed by atoms with Crippen LogP contribution in [0.15, 0.2) is 24.3 Å². The number of nitrogens with zero attached hydrogens (tertiary/aromatic N) is 1. The highest BCUT2D eigenvalue weighted by Crippen LogP contribution is 2.22. The van der Waals surface area contributed by atoms with Crippen LogP contribution in [0.25, 0.3) is 0 Å². The maximum absolute atomic E-state index is 3.64. The standard InChI is InChI=1S/C16H26N2/c1-4-16-9-11-18(12-10-17-16)14(3)15-7-5-13(2)6-8-15/h5-8,14,16-17H,4,9-12H2,1-3H3. The van der Waals surface area contributed by atoms with E-state index in [0.29, 0.717) is 12.1 Å². The van der Waals surface area contributed by atoms with Crippen molar-refractivity contribution in [3.05, 3.63) is 35.4 Å². The zero-order valence-electron chi connectivity index (χ0n) is 11.9. The molecular weight excluding hydrogens is 220 g/mol. The molecule has 0 spiro atoms. The molecule has 0 bridgehead atoms. The molecule has 1 aliphatic rings. The van der Waals surface area contributed by atoms with Gasteiger partial charge in [-0.15, -0.1) is 0 Å². The lowest BCUT2D eigenvalue weighted by Gasteiger charge is -2.27. The van der Waals surface area contributed by atoms with Crippen LogP contribution in [0.4, 0.5) is 0 Å². The Morgan fingerprint density at radius 1 is 1.28 bits per heavy atom. The van der Waals surface area contributed by atoms with Crippen molar-refractivity contribution < 1.29 is 0 Å². The topological polar surface area (TPSA) is 15.3 Å². The van der Waals surface area contributed by atoms with E-state index in [0.717, 1.165) is 13.1 Å². The van der Waals surface area contributed by atoms with E-state index in [2.05, 4.69) is 55.3 Å². The smallest absolute Gasteiger partial charge is 0.0320 e. The van der Waals surface area contributed by atoms with Crippen LogP contribution in [0.5, 0.6) is 0 Å². The SMILES string of the molecule is CCC1CCN(C(C)c2ccc(C)cc2)CCN1. The van der Waals surface area contributed by atoms with Gasteiger partial charge in [0, 0.05) is 31.7 Å². The van der Waals surface area contributed by atoms with Gasteiger partial charge in [-0.3, -0.25) is 4.90 Å². The molecule has 0 aromatic heterocycles. The predicted molar refractivity (Wildman–Crippen MR) is 77.9 cm³/mol. The number of benzene rings is 1. The Kier molecular flexibility index (Phi) is 4.79. The monoisotopic (exact) mass is 246 g/mol. The molecule has 1 aliphatic heterocycles. The number of nitrogens with one attached hydrogen (secondary N) is 1. The number of rotatable bonds is 3. The van der Waals surface area contributed by atoms with Gasteiger partial charge in [0.2, 0.25) is 0 Å². The molecule has 0 aliphatic carbocycles. The molecule has 0 saturated carbocycles. The van der Waals surface area contributed by atoms with Crippen LogP contribution in [-0.2, 0) is 0 Å². The minimum atomic E-state index is 0.531. The second-order valence-corrected chi connectivity index (χ2v) is 5.47. The summed E-state index contributed by atoms with van der Waals surface area (Å²) < 4.78 is 0. The molecule has 2 nitrogen and oxygen atoms in total. The highest BCUT2D eigenvalue weighted by atomic mass is 15.2. The normalized spacial score (nSPS) is 23.6. The molecule has 0 amide bonds. The first-order valence-electron chi connectivity index (χ1n) is 7.24. The summed E-state index contributed by atoms with van der Waals surface area (Å²) in [5.41, 5.74) is 2.78. The van der Waals surface area contributed by atoms with E-state index < -0.39 is 0 Å². The average molecular weight is 246 g/mol. The lowest BCUT2D eigenvalue weighted by molar-refractivity contribution is 0.223. The molecule has 1 heterocycles. The lowest BCUT2D eigenvalue weighted by Crippen LogP contribution is -2.31. The van der Waals surface area contributed by atoms with Crippen molar-refractivity contribution >= 4 is 0 Å². The van der Waals surface area contributed by atoms with Gasteiger partial charge in [0.15, 0.2) is 0 Å². The molecule has 100 valence electrons. The van der Waals surface area contributed by atoms with E-state index in [-0.39, 0.29) is 0 Å². The first-order valence-corrected chi connectivity index (χ1v) is 7.24. The summed E-state index contributed by atoms with van der Waals surface area (Å²) in [6.07, 6.45) is 2.51. The van der Waals surface area contributed by atoms with Crippen molar-refractivity contribution in [3.8, 4) is 0 Å². The largest absolute Gasteiger partial charge is 0.313 e. The zero-order chi connectivity index (χ0) is 13.0. The van der Waals surface area contributed by atoms with Crippen LogP contribution < -0.4 is 5.32 Å². The summed E-state index contributed by atoms with van der Waals surface area (Å²) in [7, 11) is 0. The van der Waals surface area contributed by atoms with E-state index in [1.54, 1.807) is 0 Å². The molecule has 1 fully saturated rings. The predicted octanol–water partition coefficient (Wildman–Crippen LogP) is 3.13. The summed E-state index contributed by atoms with van der Waals surface area (Å²) in [5.74, 6) is 0. The lowest BCUT2D eigenvalue weighted by atomic mass is 10.0. The van der Waals surface area contributed by atoms with E-state index in [1.807, 2.05) is 0 Å². The quantitative estimate of drug-likeness (QED) is 0.881. The highest BCUT2D eigenvalue weighted by Gasteiger charge is 2.20. The third kappa shape index (κ3) is 3.33. The molecule has 18 heavy (non-hydrogen) atoms. The van der Waals surface area contributed by atoms with E-state index in [9.17, 15) is 0 Å². The van der Waals surface area contributed by atoms with E-state index >= 15 is 0 Å². The molecule has 0 radical (unpaired) electrons. The van der Waals surface area contributed by atoms with Gasteiger partial charge in [-0.05, 0) is 32.3 Å². The maximum atomic E-state index is 3.64. The Bertz CT molecular complexity index is 358. The molecule has 1 aromatic carbocycles. The molecule has 1 saturated heterocycles. The summed E-state index contributed by atoms with van der Waals surface area (Å²) in [5, 5.41) is 3.64. The minimum absolute atomic E-state index is 0.531. The van der Waals surface area contributed by atoms with Gasteiger partial charge in [0.25, 0.3) is 0 Å². The third-order valence-electron chi connectivity index (χ3n) is 4.20. The van der Waals surface area contributed by atoms with Crippen molar-refractivity contribution in [1.82, 2.24) is 10.2 Å². The van der Waals surface area contributed by atoms with Gasteiger partial charge < -0.3 is 5.32 Å². The second kappa shape index (κ2) is 6.35. The van der Waals surface area contributed by atoms with Crippen LogP contribution in [0.1, 0.15) is 43.9 Å². The van der Waals surface area contributed by atoms with Gasteiger partial charge in [0.05, 0.1) is 0 Å². The van der Waals surface area contributed by atoms with Crippen LogP contribution in [0.2, 0.25) is 0 Å². The molecule has 1 aromatic rings. The fourth-order valence-corrected chi connectivity index (χ4v) is 2.74. The van der Waals surface area contributed by atoms with Crippen molar-refractivity contribution in [2.24, 2.45) is 0 Å². The molecular formula is C16H26N2.